The molecule has 9 heterocycles. The van der Waals surface area contributed by atoms with Gasteiger partial charge in [0.15, 0.2) is 32.1 Å². The first kappa shape index (κ1) is 63.2. The maximum atomic E-state index is 16.0. The van der Waals surface area contributed by atoms with Gasteiger partial charge in [0.25, 0.3) is 17.8 Å². The Labute approximate surface area is 520 Å². The van der Waals surface area contributed by atoms with Crippen LogP contribution in [0.25, 0.3) is 33.4 Å². The van der Waals surface area contributed by atoms with Crippen LogP contribution in [0.2, 0.25) is 0 Å². The highest BCUT2D eigenvalue weighted by atomic mass is 32.2. The van der Waals surface area contributed by atoms with Crippen molar-refractivity contribution in [3.05, 3.63) is 121 Å². The highest BCUT2D eigenvalue weighted by molar-refractivity contribution is 8.15. The summed E-state index contributed by atoms with van der Waals surface area (Å²) in [6, 6.07) is 10.9. The van der Waals surface area contributed by atoms with Gasteiger partial charge < -0.3 is 17.2 Å². The Kier molecular flexibility index (Phi) is 17.3. The van der Waals surface area contributed by atoms with Gasteiger partial charge in [-0.25, -0.2) is 50.1 Å². The number of hydrogen-bond acceptors (Lipinski definition) is 15. The first-order valence-corrected chi connectivity index (χ1v) is 32.8. The van der Waals surface area contributed by atoms with Crippen molar-refractivity contribution in [3.8, 4) is 68.9 Å². The van der Waals surface area contributed by atoms with E-state index in [0.29, 0.717) is 40.3 Å². The third kappa shape index (κ3) is 11.0. The lowest BCUT2D eigenvalue weighted by molar-refractivity contribution is -0.136. The van der Waals surface area contributed by atoms with Crippen molar-refractivity contribution < 1.29 is 35.1 Å². The van der Waals surface area contributed by atoms with Gasteiger partial charge in [-0.15, -0.1) is 51.8 Å². The Morgan fingerprint density at radius 1 is 0.384 bits per heavy atom. The topological polar surface area (TPSA) is 154 Å². The molecule has 6 aliphatic rings. The van der Waals surface area contributed by atoms with Crippen molar-refractivity contribution >= 4 is 84.8 Å². The second-order valence-corrected chi connectivity index (χ2v) is 29.6. The zero-order chi connectivity index (χ0) is 61.8. The van der Waals surface area contributed by atoms with Gasteiger partial charge in [0.2, 0.25) is 5.92 Å². The standard InChI is InChI=1S/C22H21F4N3S2.C21H21F2N3S2.C20H19F2N3S2/c1-3-4-14-9-15(12-28-11-14)16-10-17(30-13-16)19(2)22(25,26)20(31-18(27)29-19)5-7-21(23,24)8-6-20;1-3-6-14-9-15(12-25-11-14)16-10-17(27-13-16)19(2)21(22,23)20(7-4-5-8-20)28-18(24)26-19;1-3-5-13-8-14(11-24-10-13)15-9-16(26-12-15)18(2)20(21,22)19(6-4-7-19)27-17(23)25-18/h9-13H,5-8H2,1-2H3,(H2,27,29);9-13H,4-5,7-8H2,1-2H3,(H2,24,26);8-12H,4,6-7H2,1-2H3,(H2,23,25). The fourth-order valence-electron chi connectivity index (χ4n) is 12.1. The van der Waals surface area contributed by atoms with Crippen molar-refractivity contribution in [2.24, 2.45) is 32.2 Å². The molecule has 3 fully saturated rings. The first-order valence-electron chi connectivity index (χ1n) is 27.7. The molecule has 6 N–H and O–H groups in total. The summed E-state index contributed by atoms with van der Waals surface area (Å²) in [6.45, 7) is 9.62. The zero-order valence-corrected chi connectivity index (χ0v) is 52.7. The van der Waals surface area contributed by atoms with Gasteiger partial charge in [-0.05, 0) is 149 Å². The van der Waals surface area contributed by atoms with Gasteiger partial charge in [-0.1, -0.05) is 72.3 Å². The number of nitrogens with zero attached hydrogens (tertiary/aromatic N) is 6. The first-order chi connectivity index (χ1) is 40.6. The van der Waals surface area contributed by atoms with Gasteiger partial charge in [-0.3, -0.25) is 15.0 Å². The number of alkyl halides is 8. The number of aromatic nitrogens is 3. The third-order valence-electron chi connectivity index (χ3n) is 17.1. The predicted molar refractivity (Wildman–Crippen MR) is 339 cm³/mol. The number of thiophene rings is 3. The maximum absolute atomic E-state index is 16.0. The molecule has 3 spiro atoms. The van der Waals surface area contributed by atoms with Crippen LogP contribution in [0.4, 0.5) is 35.1 Å². The molecule has 0 radical (unpaired) electrons. The van der Waals surface area contributed by atoms with Crippen LogP contribution in [-0.2, 0) is 16.6 Å². The van der Waals surface area contributed by atoms with E-state index in [-0.39, 0.29) is 28.3 Å². The van der Waals surface area contributed by atoms with Gasteiger partial charge in [0.05, 0.1) is 14.2 Å². The van der Waals surface area contributed by atoms with E-state index >= 15 is 26.3 Å². The average molecular weight is 1290 g/mol. The molecule has 3 unspecified atom stereocenters. The highest BCUT2D eigenvalue weighted by Gasteiger charge is 2.72. The summed E-state index contributed by atoms with van der Waals surface area (Å²) in [4.78, 5) is 26.7. The number of amidine groups is 3. The molecule has 3 aliphatic carbocycles. The van der Waals surface area contributed by atoms with Crippen LogP contribution < -0.4 is 17.2 Å². The summed E-state index contributed by atoms with van der Waals surface area (Å²) in [5.74, 6) is 5.13. The average Bonchev–Trinajstić information content (AvgIpc) is 1.12. The minimum absolute atomic E-state index is 0.00970. The smallest absolute Gasteiger partial charge is 0.292 e. The summed E-state index contributed by atoms with van der Waals surface area (Å²) >= 11 is 6.61. The second kappa shape index (κ2) is 23.6. The Hall–Kier alpha value is -5.87. The maximum Gasteiger partial charge on any atom is 0.292 e. The SMILES string of the molecule is CC#Cc1cncc(-c2csc(C3(C)N=C(N)SC4(CCC(F)(F)CC4)C3(F)F)c2)c1.CC#Cc1cncc(-c2csc(C3(C)N=C(N)SC4(CCC4)C3(F)F)c2)c1.CC#Cc1cncc(-c2csc(C3(C)N=C(N)SC4(CCCC4)C3(F)F)c2)c1. The molecule has 6 aromatic heterocycles. The van der Waals surface area contributed by atoms with E-state index < -0.39 is 67.4 Å². The molecular formula is C63H61F8N9S6. The highest BCUT2D eigenvalue weighted by Crippen LogP contribution is 2.66. The summed E-state index contributed by atoms with van der Waals surface area (Å²) in [6.07, 6.45) is 12.6. The van der Waals surface area contributed by atoms with Gasteiger partial charge in [-0.2, -0.15) is 0 Å². The molecule has 23 heteroatoms. The molecule has 9 nitrogen and oxygen atoms in total. The van der Waals surface area contributed by atoms with Crippen molar-refractivity contribution in [1.82, 2.24) is 15.0 Å². The van der Waals surface area contributed by atoms with Crippen LogP contribution in [0.3, 0.4) is 0 Å². The molecule has 450 valence electrons. The Morgan fingerprint density at radius 3 is 0.953 bits per heavy atom. The van der Waals surface area contributed by atoms with Gasteiger partial charge in [0.1, 0.15) is 0 Å². The molecule has 3 aliphatic heterocycles. The van der Waals surface area contributed by atoms with Crippen LogP contribution in [0.15, 0.2) is 105 Å². The van der Waals surface area contributed by atoms with Gasteiger partial charge >= 0.3 is 0 Å². The lowest BCUT2D eigenvalue weighted by Crippen LogP contribution is -2.63. The van der Waals surface area contributed by atoms with Crippen LogP contribution in [-0.4, -0.2) is 68.4 Å². The largest absolute Gasteiger partial charge is 0.378 e. The number of pyridine rings is 3. The molecule has 6 aromatic rings. The molecule has 0 saturated heterocycles. The Morgan fingerprint density at radius 2 is 0.674 bits per heavy atom. The quantitative estimate of drug-likeness (QED) is 0.109. The van der Waals surface area contributed by atoms with Crippen LogP contribution in [0.1, 0.15) is 143 Å². The lowest BCUT2D eigenvalue weighted by atomic mass is 9.71. The molecule has 0 aromatic carbocycles. The van der Waals surface area contributed by atoms with Crippen LogP contribution >= 0.6 is 69.3 Å². The van der Waals surface area contributed by atoms with Crippen molar-refractivity contribution in [2.45, 2.75) is 167 Å². The lowest BCUT2D eigenvalue weighted by Gasteiger charge is -2.54. The molecule has 0 amide bonds. The van der Waals surface area contributed by atoms with Crippen LogP contribution in [0, 0.1) is 35.5 Å². The molecule has 3 atom stereocenters. The van der Waals surface area contributed by atoms with E-state index in [1.54, 1.807) is 81.5 Å². The monoisotopic (exact) mass is 1290 g/mol. The molecule has 3 saturated carbocycles. The summed E-state index contributed by atoms with van der Waals surface area (Å²) in [5.41, 5.74) is 20.0. The van der Waals surface area contributed by atoms with E-state index in [0.717, 1.165) is 116 Å². The normalized spacial score (nSPS) is 25.5. The van der Waals surface area contributed by atoms with E-state index in [4.69, 9.17) is 17.2 Å². The molecule has 0 bridgehead atoms. The van der Waals surface area contributed by atoms with E-state index in [2.05, 4.69) is 65.5 Å². The van der Waals surface area contributed by atoms with Crippen molar-refractivity contribution in [3.63, 3.8) is 0 Å². The number of aliphatic imine (C=N–C) groups is 3. The zero-order valence-electron chi connectivity index (χ0n) is 47.8. The summed E-state index contributed by atoms with van der Waals surface area (Å²) in [5, 5.41) is 6.04. The minimum Gasteiger partial charge on any atom is -0.378 e. The number of hydrogen-bond donors (Lipinski definition) is 3. The van der Waals surface area contributed by atoms with Crippen molar-refractivity contribution in [1.29, 1.82) is 0 Å². The minimum atomic E-state index is -3.36. The number of thioether (sulfide) groups is 3. The Balaban J connectivity index is 0.000000143. The van der Waals surface area contributed by atoms with Gasteiger partial charge in [0, 0.05) is 98.0 Å². The fourth-order valence-corrected chi connectivity index (χ4v) is 19.5. The second-order valence-electron chi connectivity index (χ2n) is 22.6. The number of nitrogens with two attached hydrogens (primary N) is 3. The van der Waals surface area contributed by atoms with Crippen LogP contribution in [0.5, 0.6) is 0 Å². The molecular weight excluding hydrogens is 1230 g/mol. The van der Waals surface area contributed by atoms with E-state index in [9.17, 15) is 8.78 Å². The Bertz CT molecular complexity index is 3850. The fraction of sp³-hybridized carbons (Fsp3) is 0.429. The summed E-state index contributed by atoms with van der Waals surface area (Å²) < 4.78 is 118. The third-order valence-corrected chi connectivity index (χ3v) is 24.6. The van der Waals surface area contributed by atoms with E-state index in [1.807, 2.05) is 29.0 Å². The molecule has 86 heavy (non-hydrogen) atoms. The number of rotatable bonds is 6. The molecule has 12 rings (SSSR count). The summed E-state index contributed by atoms with van der Waals surface area (Å²) in [7, 11) is 0. The number of halogens is 8. The predicted octanol–water partition coefficient (Wildman–Crippen LogP) is 16.5. The van der Waals surface area contributed by atoms with Crippen molar-refractivity contribution in [2.75, 3.05) is 0 Å². The van der Waals surface area contributed by atoms with E-state index in [1.165, 1.54) is 43.4 Å².